The van der Waals surface area contributed by atoms with Crippen LogP contribution < -0.4 is 5.32 Å². The standard InChI is InChI=1S/C14H25N7O2/c22-14(11-21-12-16-17-18-21)15-9-13-1-2-20(10-13)4-3-19-5-7-23-8-6-19/h12-13H,1-11H2,(H,15,22)/t13-/m1/s1. The van der Waals surface area contributed by atoms with Gasteiger partial charge in [0.25, 0.3) is 0 Å². The lowest BCUT2D eigenvalue weighted by atomic mass is 10.1. The molecule has 23 heavy (non-hydrogen) atoms. The molecule has 0 aliphatic carbocycles. The quantitative estimate of drug-likeness (QED) is 0.649. The van der Waals surface area contributed by atoms with Crippen molar-refractivity contribution >= 4 is 5.91 Å². The summed E-state index contributed by atoms with van der Waals surface area (Å²) in [6.45, 7) is 9.13. The molecule has 9 heteroatoms. The smallest absolute Gasteiger partial charge is 0.241 e. The second-order valence-electron chi connectivity index (χ2n) is 6.22. The predicted molar refractivity (Wildman–Crippen MR) is 82.6 cm³/mol. The van der Waals surface area contributed by atoms with Crippen LogP contribution in [0.5, 0.6) is 0 Å². The highest BCUT2D eigenvalue weighted by molar-refractivity contribution is 5.75. The van der Waals surface area contributed by atoms with Gasteiger partial charge in [-0.25, -0.2) is 4.68 Å². The first kappa shape index (κ1) is 16.3. The highest BCUT2D eigenvalue weighted by atomic mass is 16.5. The molecule has 3 heterocycles. The van der Waals surface area contributed by atoms with Crippen molar-refractivity contribution in [2.24, 2.45) is 5.92 Å². The Kier molecular flexibility index (Phi) is 5.89. The number of hydrogen-bond acceptors (Lipinski definition) is 7. The largest absolute Gasteiger partial charge is 0.379 e. The van der Waals surface area contributed by atoms with Crippen LogP contribution in [-0.4, -0.2) is 94.9 Å². The molecule has 2 fully saturated rings. The number of nitrogens with zero attached hydrogens (tertiary/aromatic N) is 6. The Bertz CT molecular complexity index is 475. The second kappa shape index (κ2) is 8.32. The molecule has 0 saturated carbocycles. The van der Waals surface area contributed by atoms with E-state index in [-0.39, 0.29) is 12.5 Å². The van der Waals surface area contributed by atoms with Crippen molar-refractivity contribution in [3.63, 3.8) is 0 Å². The summed E-state index contributed by atoms with van der Waals surface area (Å²) in [5, 5.41) is 13.7. The molecule has 0 radical (unpaired) electrons. The number of aromatic nitrogens is 4. The maximum Gasteiger partial charge on any atom is 0.241 e. The molecule has 1 aromatic heterocycles. The summed E-state index contributed by atoms with van der Waals surface area (Å²) in [5.41, 5.74) is 0. The predicted octanol–water partition coefficient (Wildman–Crippen LogP) is -1.56. The van der Waals surface area contributed by atoms with Gasteiger partial charge < -0.3 is 15.0 Å². The Balaban J connectivity index is 1.29. The number of carbonyl (C=O) groups excluding carboxylic acids is 1. The Labute approximate surface area is 135 Å². The summed E-state index contributed by atoms with van der Waals surface area (Å²) < 4.78 is 6.80. The summed E-state index contributed by atoms with van der Waals surface area (Å²) in [6, 6.07) is 0. The monoisotopic (exact) mass is 323 g/mol. The molecule has 3 rings (SSSR count). The van der Waals surface area contributed by atoms with Crippen molar-refractivity contribution in [1.29, 1.82) is 0 Å². The highest BCUT2D eigenvalue weighted by Crippen LogP contribution is 2.15. The Hall–Kier alpha value is -1.58. The number of hydrogen-bond donors (Lipinski definition) is 1. The van der Waals surface area contributed by atoms with Crippen molar-refractivity contribution in [2.45, 2.75) is 13.0 Å². The molecule has 0 bridgehead atoms. The van der Waals surface area contributed by atoms with Crippen molar-refractivity contribution in [3.8, 4) is 0 Å². The summed E-state index contributed by atoms with van der Waals surface area (Å²) in [7, 11) is 0. The molecule has 0 unspecified atom stereocenters. The molecule has 2 aliphatic rings. The minimum absolute atomic E-state index is 0.0379. The third-order valence-corrected chi connectivity index (χ3v) is 4.49. The van der Waals surface area contributed by atoms with Crippen LogP contribution in [0, 0.1) is 5.92 Å². The fourth-order valence-corrected chi connectivity index (χ4v) is 3.10. The molecule has 1 N–H and O–H groups in total. The zero-order chi connectivity index (χ0) is 15.9. The molecule has 2 saturated heterocycles. The van der Waals surface area contributed by atoms with E-state index in [0.29, 0.717) is 5.92 Å². The molecule has 1 amide bonds. The van der Waals surface area contributed by atoms with Crippen LogP contribution in [0.1, 0.15) is 6.42 Å². The summed E-state index contributed by atoms with van der Waals surface area (Å²) in [6.07, 6.45) is 2.59. The average Bonchev–Trinajstić information content (AvgIpc) is 3.24. The van der Waals surface area contributed by atoms with E-state index >= 15 is 0 Å². The lowest BCUT2D eigenvalue weighted by Crippen LogP contribution is -2.41. The van der Waals surface area contributed by atoms with E-state index in [4.69, 9.17) is 4.74 Å². The molecule has 0 aromatic carbocycles. The third kappa shape index (κ3) is 5.22. The molecule has 128 valence electrons. The van der Waals surface area contributed by atoms with Crippen LogP contribution in [0.25, 0.3) is 0 Å². The van der Waals surface area contributed by atoms with Gasteiger partial charge in [-0.1, -0.05) is 0 Å². The Morgan fingerprint density at radius 3 is 2.83 bits per heavy atom. The van der Waals surface area contributed by atoms with E-state index in [1.165, 1.54) is 11.0 Å². The van der Waals surface area contributed by atoms with Gasteiger partial charge in [0.15, 0.2) is 0 Å². The lowest BCUT2D eigenvalue weighted by molar-refractivity contribution is -0.122. The van der Waals surface area contributed by atoms with Gasteiger partial charge >= 0.3 is 0 Å². The van der Waals surface area contributed by atoms with Crippen molar-refractivity contribution < 1.29 is 9.53 Å². The molecular weight excluding hydrogens is 298 g/mol. The maximum absolute atomic E-state index is 11.8. The minimum atomic E-state index is -0.0379. The van der Waals surface area contributed by atoms with E-state index in [2.05, 4.69) is 30.6 Å². The molecule has 0 spiro atoms. The van der Waals surface area contributed by atoms with E-state index in [9.17, 15) is 4.79 Å². The summed E-state index contributed by atoms with van der Waals surface area (Å²) in [4.78, 5) is 16.8. The second-order valence-corrected chi connectivity index (χ2v) is 6.22. The van der Waals surface area contributed by atoms with Crippen LogP contribution in [0.4, 0.5) is 0 Å². The first-order chi connectivity index (χ1) is 11.3. The van der Waals surface area contributed by atoms with Gasteiger partial charge in [0.2, 0.25) is 5.91 Å². The maximum atomic E-state index is 11.8. The van der Waals surface area contributed by atoms with Crippen LogP contribution in [-0.2, 0) is 16.1 Å². The number of carbonyl (C=O) groups is 1. The molecule has 1 atom stereocenters. The third-order valence-electron chi connectivity index (χ3n) is 4.49. The lowest BCUT2D eigenvalue weighted by Gasteiger charge is -2.28. The first-order valence-corrected chi connectivity index (χ1v) is 8.29. The van der Waals surface area contributed by atoms with E-state index in [1.807, 2.05) is 0 Å². The van der Waals surface area contributed by atoms with Crippen molar-refractivity contribution in [1.82, 2.24) is 35.3 Å². The highest BCUT2D eigenvalue weighted by Gasteiger charge is 2.23. The normalized spacial score (nSPS) is 23.2. The fraction of sp³-hybridized carbons (Fsp3) is 0.857. The van der Waals surface area contributed by atoms with Gasteiger partial charge in [-0.2, -0.15) is 0 Å². The van der Waals surface area contributed by atoms with Crippen LogP contribution in [0.3, 0.4) is 0 Å². The average molecular weight is 323 g/mol. The number of ether oxygens (including phenoxy) is 1. The molecule has 1 aromatic rings. The number of likely N-dealkylation sites (tertiary alicyclic amines) is 1. The van der Waals surface area contributed by atoms with E-state index in [1.54, 1.807) is 0 Å². The van der Waals surface area contributed by atoms with Gasteiger partial charge in [-0.3, -0.25) is 9.69 Å². The Morgan fingerprint density at radius 1 is 1.22 bits per heavy atom. The SMILES string of the molecule is O=C(Cn1cnnn1)NC[C@H]1CCN(CCN2CCOCC2)C1. The number of amides is 1. The van der Waals surface area contributed by atoms with Crippen LogP contribution in [0.15, 0.2) is 6.33 Å². The number of morpholine rings is 1. The number of nitrogens with one attached hydrogen (secondary N) is 1. The summed E-state index contributed by atoms with van der Waals surface area (Å²) in [5.74, 6) is 0.501. The minimum Gasteiger partial charge on any atom is -0.379 e. The first-order valence-electron chi connectivity index (χ1n) is 8.29. The van der Waals surface area contributed by atoms with Crippen LogP contribution in [0.2, 0.25) is 0 Å². The molecule has 9 nitrogen and oxygen atoms in total. The number of tetrazole rings is 1. The Morgan fingerprint density at radius 2 is 2.04 bits per heavy atom. The zero-order valence-corrected chi connectivity index (χ0v) is 13.4. The number of rotatable bonds is 7. The van der Waals surface area contributed by atoms with Crippen molar-refractivity contribution in [3.05, 3.63) is 6.33 Å². The molecule has 2 aliphatic heterocycles. The van der Waals surface area contributed by atoms with E-state index in [0.717, 1.165) is 65.4 Å². The van der Waals surface area contributed by atoms with Crippen LogP contribution >= 0.6 is 0 Å². The fourth-order valence-electron chi connectivity index (χ4n) is 3.10. The van der Waals surface area contributed by atoms with Gasteiger partial charge in [0.1, 0.15) is 12.9 Å². The van der Waals surface area contributed by atoms with Gasteiger partial charge in [0.05, 0.1) is 13.2 Å². The molecular formula is C14H25N7O2. The van der Waals surface area contributed by atoms with Gasteiger partial charge in [-0.05, 0) is 29.3 Å². The van der Waals surface area contributed by atoms with Crippen molar-refractivity contribution in [2.75, 3.05) is 59.0 Å². The summed E-state index contributed by atoms with van der Waals surface area (Å²) >= 11 is 0. The topological polar surface area (TPSA) is 88.4 Å². The van der Waals surface area contributed by atoms with Gasteiger partial charge in [-0.15, -0.1) is 5.10 Å². The zero-order valence-electron chi connectivity index (χ0n) is 13.4. The van der Waals surface area contributed by atoms with E-state index < -0.39 is 0 Å². The van der Waals surface area contributed by atoms with Gasteiger partial charge in [0, 0.05) is 39.3 Å².